The number of nitrogens with zero attached hydrogens (tertiary/aromatic N) is 1. The lowest BCUT2D eigenvalue weighted by Gasteiger charge is -2.30. The first kappa shape index (κ1) is 31.4. The maximum Gasteiger partial charge on any atom is 0.411 e. The van der Waals surface area contributed by atoms with Crippen molar-refractivity contribution in [1.82, 2.24) is 15.0 Å². The number of carbonyl (C=O) groups is 1. The molecule has 1 heterocycles. The summed E-state index contributed by atoms with van der Waals surface area (Å²) in [6.07, 6.45) is 3.25. The summed E-state index contributed by atoms with van der Waals surface area (Å²) >= 11 is 1.48. The number of thiazole rings is 1. The zero-order valence-corrected chi connectivity index (χ0v) is 25.4. The lowest BCUT2D eigenvalue weighted by atomic mass is 9.86. The second-order valence-electron chi connectivity index (χ2n) is 11.5. The Morgan fingerprint density at radius 3 is 2.36 bits per heavy atom. The Morgan fingerprint density at radius 1 is 1.10 bits per heavy atom. The second-order valence-corrected chi connectivity index (χ2v) is 14.2. The Labute approximate surface area is 236 Å². The minimum absolute atomic E-state index is 0.0574. The van der Waals surface area contributed by atoms with Gasteiger partial charge in [-0.2, -0.15) is 0 Å². The standard InChI is InChI=1S/C27H42N4O6S2/c1-16(2)36-25(32)29-19-10-8-18(9-11-19)24-28-15-22(38-24)21-13-12-20(30-26(33)37-17(3)4)14-23(21)39(34,35)31-27(5,6)7/h12-19,25,29,31-32H,8-11H2,1-7H3,(H,30,33)/t18-,19+,25?. The zero-order chi connectivity index (χ0) is 29.0. The number of carbonyl (C=O) groups excluding carboxylic acids is 1. The lowest BCUT2D eigenvalue weighted by Crippen LogP contribution is -2.42. The SMILES string of the molecule is CC(C)OC(=O)Nc1ccc(-c2cnc([C@H]3CC[C@@H](NC(O)OC(C)C)CC3)s2)c(S(=O)(=O)NC(C)(C)C)c1. The van der Waals surface area contributed by atoms with E-state index in [1.54, 1.807) is 52.9 Å². The van der Waals surface area contributed by atoms with E-state index in [4.69, 9.17) is 9.47 Å². The molecule has 0 aliphatic heterocycles. The van der Waals surface area contributed by atoms with Gasteiger partial charge in [-0.1, -0.05) is 6.07 Å². The molecule has 0 spiro atoms. The van der Waals surface area contributed by atoms with Crippen molar-refractivity contribution in [3.8, 4) is 10.4 Å². The van der Waals surface area contributed by atoms with Gasteiger partial charge >= 0.3 is 6.09 Å². The van der Waals surface area contributed by atoms with Crippen LogP contribution in [0.25, 0.3) is 10.4 Å². The number of hydrogen-bond acceptors (Lipinski definition) is 9. The average Bonchev–Trinajstić information content (AvgIpc) is 3.27. The van der Waals surface area contributed by atoms with Gasteiger partial charge in [-0.3, -0.25) is 10.6 Å². The van der Waals surface area contributed by atoms with Crippen LogP contribution in [0.5, 0.6) is 0 Å². The third-order valence-corrected chi connectivity index (χ3v) is 8.94. The predicted octanol–water partition coefficient (Wildman–Crippen LogP) is 5.16. The lowest BCUT2D eigenvalue weighted by molar-refractivity contribution is -0.150. The van der Waals surface area contributed by atoms with Crippen LogP contribution in [0.4, 0.5) is 10.5 Å². The Balaban J connectivity index is 1.82. The van der Waals surface area contributed by atoms with Gasteiger partial charge < -0.3 is 14.6 Å². The van der Waals surface area contributed by atoms with Crippen molar-refractivity contribution in [1.29, 1.82) is 0 Å². The molecule has 1 aromatic carbocycles. The third kappa shape index (κ3) is 9.51. The van der Waals surface area contributed by atoms with Crippen LogP contribution in [0.1, 0.15) is 85.1 Å². The summed E-state index contributed by atoms with van der Waals surface area (Å²) in [7, 11) is -3.93. The highest BCUT2D eigenvalue weighted by molar-refractivity contribution is 7.89. The van der Waals surface area contributed by atoms with Crippen LogP contribution in [-0.2, 0) is 19.5 Å². The molecule has 1 aromatic heterocycles. The maximum atomic E-state index is 13.4. The van der Waals surface area contributed by atoms with Crippen molar-refractivity contribution in [3.05, 3.63) is 29.4 Å². The second kappa shape index (κ2) is 13.0. The number of aliphatic hydroxyl groups excluding tert-OH is 1. The van der Waals surface area contributed by atoms with E-state index in [9.17, 15) is 18.3 Å². The monoisotopic (exact) mass is 582 g/mol. The summed E-state index contributed by atoms with van der Waals surface area (Å²) in [5.74, 6) is 0.254. The molecular formula is C27H42N4O6S2. The molecule has 1 atom stereocenters. The van der Waals surface area contributed by atoms with Gasteiger partial charge in [-0.25, -0.2) is 22.9 Å². The van der Waals surface area contributed by atoms with Crippen LogP contribution in [0, 0.1) is 0 Å². The molecule has 1 aliphatic carbocycles. The first-order chi connectivity index (χ1) is 18.1. The number of hydrogen-bond donors (Lipinski definition) is 4. The minimum Gasteiger partial charge on any atom is -0.447 e. The van der Waals surface area contributed by atoms with Crippen LogP contribution in [0.2, 0.25) is 0 Å². The highest BCUT2D eigenvalue weighted by Gasteiger charge is 2.29. The fraction of sp³-hybridized carbons (Fsp3) is 0.630. The zero-order valence-electron chi connectivity index (χ0n) is 23.8. The number of sulfonamides is 1. The van der Waals surface area contributed by atoms with Crippen LogP contribution in [-0.4, -0.2) is 54.8 Å². The molecule has 12 heteroatoms. The van der Waals surface area contributed by atoms with E-state index in [1.807, 2.05) is 13.8 Å². The quantitative estimate of drug-likeness (QED) is 0.282. The van der Waals surface area contributed by atoms with Gasteiger partial charge in [-0.05, 0) is 86.3 Å². The van der Waals surface area contributed by atoms with Gasteiger partial charge in [0.15, 0.2) is 0 Å². The largest absolute Gasteiger partial charge is 0.447 e. The van der Waals surface area contributed by atoms with Crippen molar-refractivity contribution in [2.45, 2.75) is 115 Å². The molecule has 1 amide bonds. The molecular weight excluding hydrogens is 540 g/mol. The summed E-state index contributed by atoms with van der Waals surface area (Å²) in [6, 6.07) is 4.97. The maximum absolute atomic E-state index is 13.4. The summed E-state index contributed by atoms with van der Waals surface area (Å²) in [4.78, 5) is 17.6. The molecule has 1 saturated carbocycles. The fourth-order valence-corrected chi connectivity index (χ4v) is 7.31. The molecule has 3 rings (SSSR count). The van der Waals surface area contributed by atoms with Gasteiger partial charge in [0, 0.05) is 34.9 Å². The van der Waals surface area contributed by atoms with E-state index in [0.29, 0.717) is 11.3 Å². The van der Waals surface area contributed by atoms with Crippen LogP contribution < -0.4 is 15.4 Å². The van der Waals surface area contributed by atoms with Crippen LogP contribution >= 0.6 is 11.3 Å². The summed E-state index contributed by atoms with van der Waals surface area (Å²) in [5.41, 5.74) is 0.135. The average molecular weight is 583 g/mol. The van der Waals surface area contributed by atoms with Crippen molar-refractivity contribution in [3.63, 3.8) is 0 Å². The highest BCUT2D eigenvalue weighted by Crippen LogP contribution is 2.40. The third-order valence-electron chi connectivity index (χ3n) is 5.95. The number of anilines is 1. The van der Waals surface area contributed by atoms with Gasteiger partial charge in [0.05, 0.1) is 27.0 Å². The molecule has 0 bridgehead atoms. The smallest absolute Gasteiger partial charge is 0.411 e. The molecule has 4 N–H and O–H groups in total. The first-order valence-electron chi connectivity index (χ1n) is 13.3. The normalized spacial score (nSPS) is 19.3. The molecule has 0 saturated heterocycles. The fourth-order valence-electron chi connectivity index (χ4n) is 4.45. The molecule has 2 aromatic rings. The van der Waals surface area contributed by atoms with E-state index < -0.39 is 28.1 Å². The molecule has 39 heavy (non-hydrogen) atoms. The molecule has 10 nitrogen and oxygen atoms in total. The van der Waals surface area contributed by atoms with Crippen LogP contribution in [0.3, 0.4) is 0 Å². The van der Waals surface area contributed by atoms with E-state index in [-0.39, 0.29) is 29.1 Å². The Kier molecular flexibility index (Phi) is 10.5. The molecule has 1 aliphatic rings. The number of nitrogens with one attached hydrogen (secondary N) is 3. The van der Waals surface area contributed by atoms with Crippen LogP contribution in [0.15, 0.2) is 29.3 Å². The van der Waals surface area contributed by atoms with E-state index >= 15 is 0 Å². The highest BCUT2D eigenvalue weighted by atomic mass is 32.2. The van der Waals surface area contributed by atoms with Crippen molar-refractivity contribution < 1.29 is 27.8 Å². The number of aliphatic hydroxyl groups is 1. The minimum atomic E-state index is -3.93. The topological polar surface area (TPSA) is 139 Å². The van der Waals surface area contributed by atoms with Crippen molar-refractivity contribution in [2.75, 3.05) is 5.32 Å². The van der Waals surface area contributed by atoms with E-state index in [1.165, 1.54) is 17.4 Å². The summed E-state index contributed by atoms with van der Waals surface area (Å²) < 4.78 is 40.1. The Bertz CT molecular complexity index is 1220. The van der Waals surface area contributed by atoms with Gasteiger partial charge in [0.25, 0.3) is 0 Å². The molecule has 1 fully saturated rings. The number of ether oxygens (including phenoxy) is 2. The number of rotatable bonds is 10. The Morgan fingerprint density at radius 2 is 1.77 bits per heavy atom. The van der Waals surface area contributed by atoms with Gasteiger partial charge in [0.2, 0.25) is 16.4 Å². The molecule has 0 radical (unpaired) electrons. The first-order valence-corrected chi connectivity index (χ1v) is 15.6. The van der Waals surface area contributed by atoms with Gasteiger partial charge in [-0.15, -0.1) is 11.3 Å². The number of benzene rings is 1. The summed E-state index contributed by atoms with van der Waals surface area (Å²) in [5, 5.41) is 16.7. The van der Waals surface area contributed by atoms with E-state index in [0.717, 1.165) is 35.6 Å². The Hall–Kier alpha value is -2.09. The van der Waals surface area contributed by atoms with Gasteiger partial charge in [0.1, 0.15) is 0 Å². The number of amides is 1. The molecule has 218 valence electrons. The summed E-state index contributed by atoms with van der Waals surface area (Å²) in [6.45, 7) is 12.6. The molecule has 1 unspecified atom stereocenters. The predicted molar refractivity (Wildman–Crippen MR) is 153 cm³/mol. The van der Waals surface area contributed by atoms with E-state index in [2.05, 4.69) is 20.3 Å². The number of aromatic nitrogens is 1. The van der Waals surface area contributed by atoms with Crippen molar-refractivity contribution >= 4 is 33.1 Å². The van der Waals surface area contributed by atoms with Crippen molar-refractivity contribution in [2.24, 2.45) is 0 Å².